The van der Waals surface area contributed by atoms with Gasteiger partial charge in [0.25, 0.3) is 0 Å². The van der Waals surface area contributed by atoms with E-state index in [-0.39, 0.29) is 36.3 Å². The molecule has 0 aromatic heterocycles. The van der Waals surface area contributed by atoms with Gasteiger partial charge < -0.3 is 37.2 Å². The molecule has 0 saturated heterocycles. The van der Waals surface area contributed by atoms with E-state index in [2.05, 4.69) is 10.6 Å². The van der Waals surface area contributed by atoms with Crippen LogP contribution in [0.2, 0.25) is 0 Å². The Bertz CT molecular complexity index is 356. The van der Waals surface area contributed by atoms with E-state index in [1.807, 2.05) is 0 Å². The normalized spacial score (nSPS) is 12.2. The molecule has 0 aromatic rings. The van der Waals surface area contributed by atoms with Crippen molar-refractivity contribution >= 4 is 23.9 Å². The van der Waals surface area contributed by atoms with E-state index in [4.69, 9.17) is 20.4 Å². The van der Waals surface area contributed by atoms with Gasteiger partial charge in [-0.1, -0.05) is 0 Å². The van der Waals surface area contributed by atoms with Gasteiger partial charge in [0.2, 0.25) is 0 Å². The Hall–Kier alpha value is -1.72. The van der Waals surface area contributed by atoms with Gasteiger partial charge in [0, 0.05) is 13.1 Å². The Labute approximate surface area is 136 Å². The molecule has 12 heteroatoms. The summed E-state index contributed by atoms with van der Waals surface area (Å²) >= 11 is 0. The molecular weight excluding hydrogens is 346 g/mol. The Kier molecular flexibility index (Phi) is 14.9. The summed E-state index contributed by atoms with van der Waals surface area (Å²) in [5.41, 5.74) is 0. The van der Waals surface area contributed by atoms with Crippen LogP contribution >= 0.6 is 0 Å². The molecule has 0 bridgehead atoms. The van der Waals surface area contributed by atoms with Crippen molar-refractivity contribution in [2.45, 2.75) is 24.9 Å². The predicted octanol–water partition coefficient (Wildman–Crippen LogP) is -1.82. The molecule has 0 rings (SSSR count). The molecule has 0 aliphatic rings. The fourth-order valence-electron chi connectivity index (χ4n) is 1.34. The summed E-state index contributed by atoms with van der Waals surface area (Å²) in [5.74, 6) is -5.25. The van der Waals surface area contributed by atoms with Crippen molar-refractivity contribution in [3.8, 4) is 0 Å². The summed E-state index contributed by atoms with van der Waals surface area (Å²) in [5, 5.41) is 39.2. The SMILES string of the molecule is N.O=C(O)C[C@H](NCCN[C@@H](CC(=O)O)C(=O)O)C(=O)O.[Fe+3]. The quantitative estimate of drug-likeness (QED) is 0.160. The minimum absolute atomic E-state index is 0. The molecule has 11 nitrogen and oxygen atoms in total. The van der Waals surface area contributed by atoms with Crippen molar-refractivity contribution in [1.29, 1.82) is 0 Å². The Morgan fingerprint density at radius 3 is 1.18 bits per heavy atom. The number of carboxylic acids is 4. The van der Waals surface area contributed by atoms with E-state index >= 15 is 0 Å². The number of carboxylic acid groups (broad SMARTS) is 4. The third-order valence-electron chi connectivity index (χ3n) is 2.26. The molecule has 0 aliphatic heterocycles. The molecule has 9 N–H and O–H groups in total. The molecule has 0 fully saturated rings. The van der Waals surface area contributed by atoms with Gasteiger partial charge >= 0.3 is 40.9 Å². The average molecular weight is 365 g/mol. The summed E-state index contributed by atoms with van der Waals surface area (Å²) in [6.07, 6.45) is -1.24. The minimum atomic E-state index is -1.34. The van der Waals surface area contributed by atoms with Crippen LogP contribution in [0.3, 0.4) is 0 Å². The second kappa shape index (κ2) is 13.0. The number of carbonyl (C=O) groups is 4. The van der Waals surface area contributed by atoms with Gasteiger partial charge in [0.1, 0.15) is 12.1 Å². The van der Waals surface area contributed by atoms with Crippen LogP contribution < -0.4 is 16.8 Å². The van der Waals surface area contributed by atoms with Gasteiger partial charge in [0.05, 0.1) is 12.8 Å². The van der Waals surface area contributed by atoms with E-state index in [0.717, 1.165) is 0 Å². The van der Waals surface area contributed by atoms with E-state index in [9.17, 15) is 19.2 Å². The average Bonchev–Trinajstić information content (AvgIpc) is 2.29. The van der Waals surface area contributed by atoms with Crippen molar-refractivity contribution in [3.63, 3.8) is 0 Å². The standard InChI is InChI=1S/C10H16N2O8.Fe.H3N/c13-7(14)3-5(9(17)18)11-1-2-12-6(10(19)20)4-8(15)16;;/h5-6,11-12H,1-4H2,(H,13,14)(H,15,16)(H,17,18)(H,19,20);;1H3/q;+3;/t5-,6-;;/m0../s1. The van der Waals surface area contributed by atoms with Crippen molar-refractivity contribution in [2.24, 2.45) is 0 Å². The van der Waals surface area contributed by atoms with E-state index in [1.54, 1.807) is 0 Å². The van der Waals surface area contributed by atoms with Crippen LogP contribution in [0.1, 0.15) is 12.8 Å². The first-order valence-corrected chi connectivity index (χ1v) is 5.60. The molecule has 0 aromatic carbocycles. The van der Waals surface area contributed by atoms with Crippen LogP contribution in [0.4, 0.5) is 0 Å². The molecule has 0 spiro atoms. The zero-order valence-electron chi connectivity index (χ0n) is 11.5. The fraction of sp³-hybridized carbons (Fsp3) is 0.600. The third-order valence-corrected chi connectivity index (χ3v) is 2.26. The van der Waals surface area contributed by atoms with Crippen molar-refractivity contribution in [2.75, 3.05) is 13.1 Å². The Morgan fingerprint density at radius 2 is 1.00 bits per heavy atom. The first-order valence-electron chi connectivity index (χ1n) is 5.60. The molecule has 1 radical (unpaired) electrons. The van der Waals surface area contributed by atoms with Crippen LogP contribution in [0.25, 0.3) is 0 Å². The Balaban J connectivity index is -0.00000180. The number of aliphatic carboxylic acids is 4. The third kappa shape index (κ3) is 12.1. The zero-order chi connectivity index (χ0) is 15.7. The molecule has 0 saturated carbocycles. The van der Waals surface area contributed by atoms with Gasteiger partial charge in [0.15, 0.2) is 0 Å². The molecule has 127 valence electrons. The number of nitrogens with one attached hydrogen (secondary N) is 2. The maximum Gasteiger partial charge on any atom is 3.00 e. The maximum absolute atomic E-state index is 10.7. The van der Waals surface area contributed by atoms with E-state index < -0.39 is 48.8 Å². The fourth-order valence-corrected chi connectivity index (χ4v) is 1.34. The van der Waals surface area contributed by atoms with Crippen molar-refractivity contribution in [1.82, 2.24) is 16.8 Å². The van der Waals surface area contributed by atoms with Crippen LogP contribution in [-0.4, -0.2) is 69.5 Å². The number of hydrogen-bond donors (Lipinski definition) is 7. The summed E-state index contributed by atoms with van der Waals surface area (Å²) < 4.78 is 0. The molecule has 2 atom stereocenters. The predicted molar refractivity (Wildman–Crippen MR) is 68.4 cm³/mol. The molecule has 0 unspecified atom stereocenters. The van der Waals surface area contributed by atoms with E-state index in [0.29, 0.717) is 0 Å². The first kappa shape index (κ1) is 25.2. The second-order valence-corrected chi connectivity index (χ2v) is 3.89. The molecule has 0 heterocycles. The van der Waals surface area contributed by atoms with Crippen LogP contribution in [0.15, 0.2) is 0 Å². The molecule has 0 aliphatic carbocycles. The minimum Gasteiger partial charge on any atom is -0.481 e. The monoisotopic (exact) mass is 365 g/mol. The van der Waals surface area contributed by atoms with Crippen molar-refractivity contribution < 1.29 is 56.7 Å². The van der Waals surface area contributed by atoms with Gasteiger partial charge in [-0.2, -0.15) is 0 Å². The number of hydrogen-bond acceptors (Lipinski definition) is 7. The number of rotatable bonds is 11. The van der Waals surface area contributed by atoms with E-state index in [1.165, 1.54) is 0 Å². The van der Waals surface area contributed by atoms with Gasteiger partial charge in [-0.15, -0.1) is 0 Å². The largest absolute Gasteiger partial charge is 3.00 e. The maximum atomic E-state index is 10.7. The molecule has 22 heavy (non-hydrogen) atoms. The second-order valence-electron chi connectivity index (χ2n) is 3.89. The summed E-state index contributed by atoms with van der Waals surface area (Å²) in [4.78, 5) is 42.2. The summed E-state index contributed by atoms with van der Waals surface area (Å²) in [7, 11) is 0. The van der Waals surface area contributed by atoms with Crippen LogP contribution in [0, 0.1) is 0 Å². The summed E-state index contributed by atoms with van der Waals surface area (Å²) in [6.45, 7) is -0.0404. The van der Waals surface area contributed by atoms with Crippen LogP contribution in [0.5, 0.6) is 0 Å². The smallest absolute Gasteiger partial charge is 0.481 e. The van der Waals surface area contributed by atoms with Crippen LogP contribution in [-0.2, 0) is 36.2 Å². The Morgan fingerprint density at radius 1 is 0.727 bits per heavy atom. The van der Waals surface area contributed by atoms with Gasteiger partial charge in [-0.3, -0.25) is 19.2 Å². The van der Waals surface area contributed by atoms with Gasteiger partial charge in [-0.25, -0.2) is 0 Å². The van der Waals surface area contributed by atoms with Crippen molar-refractivity contribution in [3.05, 3.63) is 0 Å². The van der Waals surface area contributed by atoms with Gasteiger partial charge in [-0.05, 0) is 0 Å². The summed E-state index contributed by atoms with van der Waals surface area (Å²) in [6, 6.07) is -2.59. The molecular formula is C10H19FeN3O8+3. The zero-order valence-corrected chi connectivity index (χ0v) is 12.6. The molecule has 0 amide bonds. The topological polar surface area (TPSA) is 208 Å². The first-order chi connectivity index (χ1) is 9.23.